The summed E-state index contributed by atoms with van der Waals surface area (Å²) in [5.74, 6) is -0.748. The predicted octanol–water partition coefficient (Wildman–Crippen LogP) is 2.52. The molecular formula is C16H19N3O2S. The van der Waals surface area contributed by atoms with Crippen molar-refractivity contribution >= 4 is 28.2 Å². The van der Waals surface area contributed by atoms with E-state index in [2.05, 4.69) is 10.6 Å². The van der Waals surface area contributed by atoms with E-state index in [-0.39, 0.29) is 11.9 Å². The highest BCUT2D eigenvalue weighted by molar-refractivity contribution is 7.14. The summed E-state index contributed by atoms with van der Waals surface area (Å²) >= 11 is 1.28. The smallest absolute Gasteiger partial charge is 0.251 e. The van der Waals surface area contributed by atoms with Gasteiger partial charge >= 0.3 is 0 Å². The van der Waals surface area contributed by atoms with Crippen molar-refractivity contribution in [2.75, 3.05) is 5.32 Å². The topological polar surface area (TPSA) is 84.2 Å². The van der Waals surface area contributed by atoms with Crippen LogP contribution in [0.5, 0.6) is 0 Å². The normalized spacial score (nSPS) is 13.4. The molecule has 116 valence electrons. The highest BCUT2D eigenvalue weighted by atomic mass is 32.1. The Morgan fingerprint density at radius 1 is 1.14 bits per heavy atom. The third kappa shape index (κ3) is 3.93. The van der Waals surface area contributed by atoms with Crippen molar-refractivity contribution in [1.29, 1.82) is 0 Å². The predicted molar refractivity (Wildman–Crippen MR) is 88.9 cm³/mol. The second-order valence-corrected chi connectivity index (χ2v) is 5.95. The number of primary amides is 1. The molecule has 0 radical (unpaired) electrons. The maximum absolute atomic E-state index is 12.2. The Kier molecular flexibility index (Phi) is 5.30. The van der Waals surface area contributed by atoms with Crippen LogP contribution >= 0.6 is 11.3 Å². The lowest BCUT2D eigenvalue weighted by molar-refractivity contribution is -0.117. The van der Waals surface area contributed by atoms with Gasteiger partial charge in [0.2, 0.25) is 5.91 Å². The highest BCUT2D eigenvalue weighted by Gasteiger charge is 2.19. The average Bonchev–Trinajstić information content (AvgIpc) is 2.96. The summed E-state index contributed by atoms with van der Waals surface area (Å²) in [4.78, 5) is 23.5. The Hall–Kier alpha value is -2.18. The summed E-state index contributed by atoms with van der Waals surface area (Å²) in [6, 6.07) is 11.1. The molecule has 22 heavy (non-hydrogen) atoms. The van der Waals surface area contributed by atoms with E-state index < -0.39 is 11.9 Å². The molecule has 1 aromatic heterocycles. The van der Waals surface area contributed by atoms with Gasteiger partial charge in [-0.1, -0.05) is 30.3 Å². The standard InChI is InChI=1S/C16H19N3O2S/c1-10(12-6-4-3-5-7-12)18-11(2)15(21)19-16-13(14(17)20)8-9-22-16/h3-11,18H,1-2H3,(H2,17,20)(H,19,21)/t10-,11+/m0/s1. The maximum atomic E-state index is 12.2. The third-order valence-electron chi connectivity index (χ3n) is 3.36. The first-order valence-electron chi connectivity index (χ1n) is 6.98. The van der Waals surface area contributed by atoms with Gasteiger partial charge in [0, 0.05) is 6.04 Å². The van der Waals surface area contributed by atoms with Gasteiger partial charge in [0.25, 0.3) is 5.91 Å². The van der Waals surface area contributed by atoms with Crippen LogP contribution in [0.1, 0.15) is 35.8 Å². The number of amides is 2. The number of carbonyl (C=O) groups is 2. The number of nitrogens with one attached hydrogen (secondary N) is 2. The number of anilines is 1. The summed E-state index contributed by atoms with van der Waals surface area (Å²) in [5, 5.41) is 8.19. The van der Waals surface area contributed by atoms with E-state index in [1.165, 1.54) is 11.3 Å². The SMILES string of the molecule is C[C@H](N[C@H](C)C(=O)Nc1sccc1C(N)=O)c1ccccc1. The molecule has 2 rings (SSSR count). The summed E-state index contributed by atoms with van der Waals surface area (Å²) in [6.45, 7) is 3.78. The molecule has 2 aromatic rings. The van der Waals surface area contributed by atoms with Crippen LogP contribution in [0.3, 0.4) is 0 Å². The molecule has 0 bridgehead atoms. The number of nitrogens with two attached hydrogens (primary N) is 1. The Morgan fingerprint density at radius 3 is 2.45 bits per heavy atom. The quantitative estimate of drug-likeness (QED) is 0.765. The van der Waals surface area contributed by atoms with E-state index in [4.69, 9.17) is 5.73 Å². The highest BCUT2D eigenvalue weighted by Crippen LogP contribution is 2.23. The van der Waals surface area contributed by atoms with Gasteiger partial charge in [0.1, 0.15) is 5.00 Å². The minimum atomic E-state index is -0.546. The van der Waals surface area contributed by atoms with Crippen LogP contribution in [0.15, 0.2) is 41.8 Å². The zero-order valence-electron chi connectivity index (χ0n) is 12.5. The van der Waals surface area contributed by atoms with Crippen LogP contribution in [0.25, 0.3) is 0 Å². The van der Waals surface area contributed by atoms with Crippen LogP contribution in [0.2, 0.25) is 0 Å². The maximum Gasteiger partial charge on any atom is 0.251 e. The molecule has 1 aromatic carbocycles. The molecule has 2 amide bonds. The minimum Gasteiger partial charge on any atom is -0.366 e. The van der Waals surface area contributed by atoms with Crippen molar-refractivity contribution in [2.45, 2.75) is 25.9 Å². The van der Waals surface area contributed by atoms with Crippen LogP contribution in [0, 0.1) is 0 Å². The first-order valence-corrected chi connectivity index (χ1v) is 7.86. The zero-order chi connectivity index (χ0) is 16.1. The van der Waals surface area contributed by atoms with Crippen molar-refractivity contribution in [2.24, 2.45) is 5.73 Å². The van der Waals surface area contributed by atoms with Crippen LogP contribution in [-0.2, 0) is 4.79 Å². The fourth-order valence-electron chi connectivity index (χ4n) is 2.11. The summed E-state index contributed by atoms with van der Waals surface area (Å²) in [5.41, 5.74) is 6.71. The van der Waals surface area contributed by atoms with Crippen molar-refractivity contribution in [3.05, 3.63) is 52.9 Å². The van der Waals surface area contributed by atoms with E-state index >= 15 is 0 Å². The van der Waals surface area contributed by atoms with Gasteiger partial charge in [-0.15, -0.1) is 11.3 Å². The second-order valence-electron chi connectivity index (χ2n) is 5.04. The first-order chi connectivity index (χ1) is 10.5. The number of thiophene rings is 1. The van der Waals surface area contributed by atoms with E-state index in [0.717, 1.165) is 5.56 Å². The van der Waals surface area contributed by atoms with Gasteiger partial charge < -0.3 is 11.1 Å². The molecule has 5 nitrogen and oxygen atoms in total. The molecule has 0 unspecified atom stereocenters. The largest absolute Gasteiger partial charge is 0.366 e. The van der Waals surface area contributed by atoms with E-state index in [9.17, 15) is 9.59 Å². The number of hydrogen-bond acceptors (Lipinski definition) is 4. The molecule has 0 aliphatic rings. The number of rotatable bonds is 6. The fourth-order valence-corrected chi connectivity index (χ4v) is 2.90. The molecule has 1 heterocycles. The molecule has 0 spiro atoms. The monoisotopic (exact) mass is 317 g/mol. The lowest BCUT2D eigenvalue weighted by Gasteiger charge is -2.19. The summed E-state index contributed by atoms with van der Waals surface area (Å²) < 4.78 is 0. The van der Waals surface area contributed by atoms with E-state index in [0.29, 0.717) is 10.6 Å². The Balaban J connectivity index is 1.97. The van der Waals surface area contributed by atoms with Gasteiger partial charge in [-0.2, -0.15) is 0 Å². The second kappa shape index (κ2) is 7.20. The fraction of sp³-hybridized carbons (Fsp3) is 0.250. The van der Waals surface area contributed by atoms with Crippen molar-refractivity contribution in [3.8, 4) is 0 Å². The third-order valence-corrected chi connectivity index (χ3v) is 4.19. The minimum absolute atomic E-state index is 0.0425. The zero-order valence-corrected chi connectivity index (χ0v) is 13.3. The van der Waals surface area contributed by atoms with Crippen LogP contribution in [0.4, 0.5) is 5.00 Å². The lowest BCUT2D eigenvalue weighted by atomic mass is 10.1. The van der Waals surface area contributed by atoms with Crippen molar-refractivity contribution in [1.82, 2.24) is 5.32 Å². The van der Waals surface area contributed by atoms with Crippen molar-refractivity contribution < 1.29 is 9.59 Å². The molecule has 0 fully saturated rings. The number of benzene rings is 1. The first kappa shape index (κ1) is 16.2. The van der Waals surface area contributed by atoms with Gasteiger partial charge in [-0.25, -0.2) is 0 Å². The summed E-state index contributed by atoms with van der Waals surface area (Å²) in [6.07, 6.45) is 0. The van der Waals surface area contributed by atoms with Gasteiger partial charge in [0.15, 0.2) is 0 Å². The average molecular weight is 317 g/mol. The Bertz CT molecular complexity index is 654. The van der Waals surface area contributed by atoms with Crippen LogP contribution < -0.4 is 16.4 Å². The Morgan fingerprint density at radius 2 is 1.82 bits per heavy atom. The lowest BCUT2D eigenvalue weighted by Crippen LogP contribution is -2.39. The molecule has 0 aliphatic heterocycles. The number of hydrogen-bond donors (Lipinski definition) is 3. The molecule has 2 atom stereocenters. The number of carbonyl (C=O) groups excluding carboxylic acids is 2. The molecule has 0 aliphatic carbocycles. The molecule has 6 heteroatoms. The molecular weight excluding hydrogens is 298 g/mol. The van der Waals surface area contributed by atoms with E-state index in [1.54, 1.807) is 18.4 Å². The van der Waals surface area contributed by atoms with Crippen LogP contribution in [-0.4, -0.2) is 17.9 Å². The molecule has 4 N–H and O–H groups in total. The van der Waals surface area contributed by atoms with Gasteiger partial charge in [0.05, 0.1) is 11.6 Å². The van der Waals surface area contributed by atoms with Gasteiger partial charge in [-0.05, 0) is 30.9 Å². The summed E-state index contributed by atoms with van der Waals surface area (Å²) in [7, 11) is 0. The van der Waals surface area contributed by atoms with E-state index in [1.807, 2.05) is 37.3 Å². The molecule has 0 saturated heterocycles. The Labute approximate surface area is 133 Å². The van der Waals surface area contributed by atoms with Gasteiger partial charge in [-0.3, -0.25) is 14.9 Å². The van der Waals surface area contributed by atoms with Crippen molar-refractivity contribution in [3.63, 3.8) is 0 Å². The molecule has 0 saturated carbocycles.